The van der Waals surface area contributed by atoms with Crippen LogP contribution in [-0.2, 0) is 54.9 Å². The molecule has 0 radical (unpaired) electrons. The maximum absolute atomic E-state index is 13.3. The lowest BCUT2D eigenvalue weighted by atomic mass is 10.0. The Labute approximate surface area is 229 Å². The Kier molecular flexibility index (Phi) is 9.50. The van der Waals surface area contributed by atoms with Crippen LogP contribution >= 0.6 is 0 Å². The monoisotopic (exact) mass is 524 g/mol. The van der Waals surface area contributed by atoms with Crippen molar-refractivity contribution in [1.29, 1.82) is 0 Å². The number of cyclic esters (lactones) is 1. The number of ether oxygens (including phenoxy) is 5. The van der Waals surface area contributed by atoms with Crippen molar-refractivity contribution in [2.45, 2.75) is 51.0 Å². The average Bonchev–Trinajstić information content (AvgIpc) is 3.00. The van der Waals surface area contributed by atoms with Crippen LogP contribution in [0.2, 0.25) is 0 Å². The number of rotatable bonds is 12. The van der Waals surface area contributed by atoms with Gasteiger partial charge in [-0.3, -0.25) is 0 Å². The number of hydrogen-bond acceptors (Lipinski definition) is 6. The minimum Gasteiger partial charge on any atom is -0.431 e. The van der Waals surface area contributed by atoms with Crippen molar-refractivity contribution >= 4 is 5.97 Å². The standard InChI is InChI=1S/C33H32O6/c34-32-30(36-22-26-15-7-2-8-16-26)29(35-21-25-13-5-1-6-14-25)31(37-23-27-17-9-3-10-18-27)33(39-32)38-24-28-19-11-4-12-20-28/h1-20,29-31,33H,21-24H2/t29-,30-,31+,33+/m1/s1. The van der Waals surface area contributed by atoms with Gasteiger partial charge in [0, 0.05) is 0 Å². The van der Waals surface area contributed by atoms with Crippen LogP contribution in [0.15, 0.2) is 121 Å². The predicted molar refractivity (Wildman–Crippen MR) is 146 cm³/mol. The number of benzene rings is 4. The first kappa shape index (κ1) is 26.8. The van der Waals surface area contributed by atoms with Gasteiger partial charge in [-0.25, -0.2) is 4.79 Å². The molecular formula is C33H32O6. The summed E-state index contributed by atoms with van der Waals surface area (Å²) in [6.07, 6.45) is -3.46. The van der Waals surface area contributed by atoms with E-state index >= 15 is 0 Å². The fourth-order valence-electron chi connectivity index (χ4n) is 4.40. The number of esters is 1. The molecule has 0 aliphatic carbocycles. The van der Waals surface area contributed by atoms with Gasteiger partial charge in [0.1, 0.15) is 12.2 Å². The van der Waals surface area contributed by atoms with Gasteiger partial charge in [-0.1, -0.05) is 121 Å². The highest BCUT2D eigenvalue weighted by atomic mass is 16.7. The summed E-state index contributed by atoms with van der Waals surface area (Å²) in [5, 5.41) is 0. The fourth-order valence-corrected chi connectivity index (χ4v) is 4.40. The first-order valence-electron chi connectivity index (χ1n) is 13.1. The highest BCUT2D eigenvalue weighted by Gasteiger charge is 2.49. The van der Waals surface area contributed by atoms with Crippen molar-refractivity contribution in [2.24, 2.45) is 0 Å². The van der Waals surface area contributed by atoms with Gasteiger partial charge in [-0.2, -0.15) is 0 Å². The first-order valence-corrected chi connectivity index (χ1v) is 13.1. The Bertz CT molecular complexity index is 1270. The molecule has 39 heavy (non-hydrogen) atoms. The van der Waals surface area contributed by atoms with E-state index in [4.69, 9.17) is 23.7 Å². The number of hydrogen-bond donors (Lipinski definition) is 0. The molecule has 0 aromatic heterocycles. The smallest absolute Gasteiger partial charge is 0.340 e. The maximum Gasteiger partial charge on any atom is 0.340 e. The molecular weight excluding hydrogens is 492 g/mol. The topological polar surface area (TPSA) is 63.2 Å². The fraction of sp³-hybridized carbons (Fsp3) is 0.242. The van der Waals surface area contributed by atoms with E-state index in [1.54, 1.807) is 0 Å². The van der Waals surface area contributed by atoms with Crippen molar-refractivity contribution < 1.29 is 28.5 Å². The van der Waals surface area contributed by atoms with Gasteiger partial charge in [0.2, 0.25) is 6.29 Å². The van der Waals surface area contributed by atoms with E-state index < -0.39 is 30.6 Å². The van der Waals surface area contributed by atoms with Crippen LogP contribution in [0.1, 0.15) is 22.3 Å². The molecule has 6 heteroatoms. The third kappa shape index (κ3) is 7.62. The van der Waals surface area contributed by atoms with Crippen LogP contribution in [-0.4, -0.2) is 30.6 Å². The largest absolute Gasteiger partial charge is 0.431 e. The summed E-state index contributed by atoms with van der Waals surface area (Å²) in [4.78, 5) is 13.3. The van der Waals surface area contributed by atoms with Gasteiger partial charge in [-0.15, -0.1) is 0 Å². The maximum atomic E-state index is 13.3. The van der Waals surface area contributed by atoms with Gasteiger partial charge >= 0.3 is 5.97 Å². The Morgan fingerprint density at radius 2 is 0.821 bits per heavy atom. The normalized spacial score (nSPS) is 20.9. The van der Waals surface area contributed by atoms with Crippen molar-refractivity contribution in [3.63, 3.8) is 0 Å². The summed E-state index contributed by atoms with van der Waals surface area (Å²) in [6, 6.07) is 39.1. The minimum atomic E-state index is -0.994. The Morgan fingerprint density at radius 3 is 1.26 bits per heavy atom. The number of carbonyl (C=O) groups is 1. The molecule has 5 rings (SSSR count). The predicted octanol–water partition coefficient (Wildman–Crippen LogP) is 5.84. The molecule has 1 aliphatic heterocycles. The van der Waals surface area contributed by atoms with Crippen molar-refractivity contribution in [1.82, 2.24) is 0 Å². The molecule has 0 amide bonds. The average molecular weight is 525 g/mol. The van der Waals surface area contributed by atoms with Crippen molar-refractivity contribution in [3.05, 3.63) is 144 Å². The van der Waals surface area contributed by atoms with E-state index in [2.05, 4.69) is 0 Å². The molecule has 4 atom stereocenters. The second-order valence-electron chi connectivity index (χ2n) is 9.34. The van der Waals surface area contributed by atoms with Crippen molar-refractivity contribution in [3.8, 4) is 0 Å². The van der Waals surface area contributed by atoms with Crippen LogP contribution in [0.4, 0.5) is 0 Å². The zero-order valence-corrected chi connectivity index (χ0v) is 21.6. The van der Waals surface area contributed by atoms with Crippen LogP contribution in [0.5, 0.6) is 0 Å². The van der Waals surface area contributed by atoms with Gasteiger partial charge in [0.25, 0.3) is 0 Å². The second kappa shape index (κ2) is 13.8. The lowest BCUT2D eigenvalue weighted by molar-refractivity contribution is -0.283. The third-order valence-corrected chi connectivity index (χ3v) is 6.46. The van der Waals surface area contributed by atoms with Gasteiger partial charge in [0.15, 0.2) is 6.10 Å². The zero-order valence-electron chi connectivity index (χ0n) is 21.6. The van der Waals surface area contributed by atoms with Crippen LogP contribution in [0.3, 0.4) is 0 Å². The summed E-state index contributed by atoms with van der Waals surface area (Å²) in [5.74, 6) is -0.540. The molecule has 200 valence electrons. The lowest BCUT2D eigenvalue weighted by Gasteiger charge is -2.40. The van der Waals surface area contributed by atoms with Gasteiger partial charge in [0.05, 0.1) is 26.4 Å². The van der Waals surface area contributed by atoms with E-state index in [9.17, 15) is 4.79 Å². The summed E-state index contributed by atoms with van der Waals surface area (Å²) in [7, 11) is 0. The van der Waals surface area contributed by atoms with Crippen LogP contribution in [0, 0.1) is 0 Å². The third-order valence-electron chi connectivity index (χ3n) is 6.46. The Hall–Kier alpha value is -3.81. The molecule has 0 spiro atoms. The van der Waals surface area contributed by atoms with E-state index in [-0.39, 0.29) is 19.8 Å². The van der Waals surface area contributed by atoms with E-state index in [0.717, 1.165) is 22.3 Å². The molecule has 0 bridgehead atoms. The molecule has 4 aromatic carbocycles. The second-order valence-corrected chi connectivity index (χ2v) is 9.34. The first-order chi connectivity index (χ1) is 19.3. The van der Waals surface area contributed by atoms with Crippen molar-refractivity contribution in [2.75, 3.05) is 0 Å². The highest BCUT2D eigenvalue weighted by Crippen LogP contribution is 2.29. The Balaban J connectivity index is 1.39. The summed E-state index contributed by atoms with van der Waals surface area (Å²) in [6.45, 7) is 1.06. The summed E-state index contributed by atoms with van der Waals surface area (Å²) in [5.41, 5.74) is 3.86. The van der Waals surface area contributed by atoms with Crippen LogP contribution < -0.4 is 0 Å². The molecule has 0 saturated carbocycles. The lowest BCUT2D eigenvalue weighted by Crippen LogP contribution is -2.59. The minimum absolute atomic E-state index is 0.229. The zero-order chi connectivity index (χ0) is 26.7. The van der Waals surface area contributed by atoms with E-state index in [1.165, 1.54) is 0 Å². The molecule has 4 aromatic rings. The molecule has 1 fully saturated rings. The quantitative estimate of drug-likeness (QED) is 0.217. The molecule has 1 saturated heterocycles. The molecule has 6 nitrogen and oxygen atoms in total. The molecule has 0 N–H and O–H groups in total. The van der Waals surface area contributed by atoms with Gasteiger partial charge < -0.3 is 23.7 Å². The molecule has 1 aliphatic rings. The van der Waals surface area contributed by atoms with E-state index in [0.29, 0.717) is 6.61 Å². The Morgan fingerprint density at radius 1 is 0.462 bits per heavy atom. The summed E-state index contributed by atoms with van der Waals surface area (Å²) < 4.78 is 30.9. The molecule has 0 unspecified atom stereocenters. The highest BCUT2D eigenvalue weighted by molar-refractivity contribution is 5.76. The summed E-state index contributed by atoms with van der Waals surface area (Å²) >= 11 is 0. The van der Waals surface area contributed by atoms with Gasteiger partial charge in [-0.05, 0) is 22.3 Å². The van der Waals surface area contributed by atoms with Crippen LogP contribution in [0.25, 0.3) is 0 Å². The SMILES string of the molecule is O=C1O[C@H](OCc2ccccc2)[C@@H](OCc2ccccc2)[C@H](OCc2ccccc2)[C@H]1OCc1ccccc1. The van der Waals surface area contributed by atoms with E-state index in [1.807, 2.05) is 121 Å². The molecule has 1 heterocycles. The number of carbonyl (C=O) groups excluding carboxylic acids is 1.